The summed E-state index contributed by atoms with van der Waals surface area (Å²) >= 11 is 4.04. The zero-order chi connectivity index (χ0) is 19.2. The molecule has 1 atom stereocenters. The van der Waals surface area contributed by atoms with Crippen LogP contribution in [0.4, 0.5) is 14.7 Å². The number of thioether (sulfide) groups is 1. The number of amides is 1. The van der Waals surface area contributed by atoms with Crippen LogP contribution in [0.2, 0.25) is 0 Å². The summed E-state index contributed by atoms with van der Waals surface area (Å²) in [6.45, 7) is 6.04. The lowest BCUT2D eigenvalue weighted by Gasteiger charge is -2.07. The largest absolute Gasteiger partial charge is 0.357 e. The second-order valence-electron chi connectivity index (χ2n) is 5.34. The van der Waals surface area contributed by atoms with Crippen molar-refractivity contribution in [1.82, 2.24) is 15.2 Å². The molecular weight excluding hydrogens is 405 g/mol. The van der Waals surface area contributed by atoms with E-state index < -0.39 is 0 Å². The van der Waals surface area contributed by atoms with Crippen LogP contribution in [0.15, 0.2) is 46.6 Å². The minimum Gasteiger partial charge on any atom is -0.357 e. The first-order valence-corrected chi connectivity index (χ1v) is 10.5. The third-order valence-electron chi connectivity index (χ3n) is 3.33. The molecule has 10 heteroatoms. The van der Waals surface area contributed by atoms with E-state index in [-0.39, 0.29) is 17.0 Å². The summed E-state index contributed by atoms with van der Waals surface area (Å²) in [7, 11) is 0. The lowest BCUT2D eigenvalue weighted by Crippen LogP contribution is -2.22. The first-order valence-electron chi connectivity index (χ1n) is 7.92. The molecule has 1 unspecified atom stereocenters. The van der Waals surface area contributed by atoms with Crippen LogP contribution in [-0.4, -0.2) is 32.9 Å². The zero-order valence-corrected chi connectivity index (χ0v) is 16.8. The van der Waals surface area contributed by atoms with E-state index in [0.29, 0.717) is 26.8 Å². The van der Waals surface area contributed by atoms with Crippen LogP contribution >= 0.6 is 34.4 Å². The summed E-state index contributed by atoms with van der Waals surface area (Å²) in [4.78, 5) is 16.8. The Balaban J connectivity index is 1.57. The molecule has 27 heavy (non-hydrogen) atoms. The molecule has 3 rings (SSSR count). The van der Waals surface area contributed by atoms with Crippen molar-refractivity contribution in [1.29, 1.82) is 0 Å². The molecule has 0 aliphatic heterocycles. The van der Waals surface area contributed by atoms with Gasteiger partial charge in [-0.05, 0) is 31.2 Å². The summed E-state index contributed by atoms with van der Waals surface area (Å²) in [6.07, 6.45) is 1.73. The van der Waals surface area contributed by atoms with Gasteiger partial charge in [0.05, 0.1) is 10.9 Å². The number of nitrogens with zero attached hydrogens (tertiary/aromatic N) is 3. The molecule has 6 nitrogen and oxygen atoms in total. The molecule has 0 fully saturated rings. The van der Waals surface area contributed by atoms with E-state index >= 15 is 0 Å². The Bertz CT molecular complexity index is 925. The Kier molecular flexibility index (Phi) is 6.54. The van der Waals surface area contributed by atoms with Gasteiger partial charge in [0.1, 0.15) is 5.82 Å². The van der Waals surface area contributed by atoms with Crippen molar-refractivity contribution in [3.8, 4) is 11.3 Å². The van der Waals surface area contributed by atoms with Gasteiger partial charge in [-0.3, -0.25) is 4.79 Å². The van der Waals surface area contributed by atoms with Crippen LogP contribution in [0.1, 0.15) is 6.92 Å². The number of benzene rings is 1. The summed E-state index contributed by atoms with van der Waals surface area (Å²) in [5.74, 6) is -0.469. The molecule has 1 aromatic carbocycles. The lowest BCUT2D eigenvalue weighted by molar-refractivity contribution is -0.115. The number of carbonyl (C=O) groups is 1. The Hall–Kier alpha value is -2.30. The third-order valence-corrected chi connectivity index (χ3v) is 6.15. The predicted octanol–water partition coefficient (Wildman–Crippen LogP) is 4.52. The van der Waals surface area contributed by atoms with Gasteiger partial charge in [0.25, 0.3) is 0 Å². The van der Waals surface area contributed by atoms with E-state index in [0.717, 1.165) is 5.56 Å². The number of aromatic nitrogens is 3. The van der Waals surface area contributed by atoms with Gasteiger partial charge in [-0.15, -0.1) is 28.1 Å². The van der Waals surface area contributed by atoms with E-state index in [4.69, 9.17) is 0 Å². The molecule has 0 aliphatic rings. The highest BCUT2D eigenvalue weighted by Crippen LogP contribution is 2.30. The number of hydrogen-bond acceptors (Lipinski definition) is 8. The van der Waals surface area contributed by atoms with Crippen LogP contribution in [0.25, 0.3) is 11.3 Å². The van der Waals surface area contributed by atoms with E-state index in [1.165, 1.54) is 46.6 Å². The predicted molar refractivity (Wildman–Crippen MR) is 110 cm³/mol. The number of anilines is 2. The molecule has 0 radical (unpaired) electrons. The van der Waals surface area contributed by atoms with Crippen LogP contribution in [0, 0.1) is 5.82 Å². The summed E-state index contributed by atoms with van der Waals surface area (Å²) in [5.41, 5.74) is 1.49. The fraction of sp³-hybridized carbons (Fsp3) is 0.176. The Morgan fingerprint density at radius 1 is 1.33 bits per heavy atom. The van der Waals surface area contributed by atoms with Crippen LogP contribution in [-0.2, 0) is 4.79 Å². The average molecular weight is 422 g/mol. The highest BCUT2D eigenvalue weighted by atomic mass is 32.2. The molecule has 2 aromatic heterocycles. The van der Waals surface area contributed by atoms with Gasteiger partial charge in [-0.2, -0.15) is 0 Å². The van der Waals surface area contributed by atoms with Gasteiger partial charge in [-0.1, -0.05) is 29.2 Å². The van der Waals surface area contributed by atoms with Gasteiger partial charge >= 0.3 is 0 Å². The van der Waals surface area contributed by atoms with Crippen molar-refractivity contribution in [2.75, 3.05) is 17.2 Å². The first kappa shape index (κ1) is 19.5. The molecule has 0 saturated carbocycles. The maximum atomic E-state index is 13.0. The summed E-state index contributed by atoms with van der Waals surface area (Å²) < 4.78 is 13.7. The van der Waals surface area contributed by atoms with Gasteiger partial charge < -0.3 is 10.6 Å². The molecule has 2 heterocycles. The monoisotopic (exact) mass is 421 g/mol. The SMILES string of the molecule is C=CCNc1nnc(SC(C)C(=O)Nc2nc(-c3ccc(F)cc3)cs2)s1. The number of nitrogens with one attached hydrogen (secondary N) is 2. The van der Waals surface area contributed by atoms with Crippen molar-refractivity contribution in [2.24, 2.45) is 0 Å². The van der Waals surface area contributed by atoms with Gasteiger partial charge in [0.15, 0.2) is 9.47 Å². The third kappa shape index (κ3) is 5.34. The van der Waals surface area contributed by atoms with Crippen LogP contribution < -0.4 is 10.6 Å². The van der Waals surface area contributed by atoms with Gasteiger partial charge in [0.2, 0.25) is 11.0 Å². The van der Waals surface area contributed by atoms with E-state index in [1.54, 1.807) is 25.1 Å². The topological polar surface area (TPSA) is 79.8 Å². The number of carbonyl (C=O) groups excluding carboxylic acids is 1. The number of halogens is 1. The molecule has 0 aliphatic carbocycles. The molecule has 1 amide bonds. The molecule has 3 aromatic rings. The fourth-order valence-electron chi connectivity index (χ4n) is 1.98. The quantitative estimate of drug-likeness (QED) is 0.411. The van der Waals surface area contributed by atoms with Crippen molar-refractivity contribution in [3.63, 3.8) is 0 Å². The molecule has 0 spiro atoms. The van der Waals surface area contributed by atoms with E-state index in [1.807, 2.05) is 5.38 Å². The first-order chi connectivity index (χ1) is 13.0. The highest BCUT2D eigenvalue weighted by Gasteiger charge is 2.18. The van der Waals surface area contributed by atoms with Crippen LogP contribution in [0.5, 0.6) is 0 Å². The molecule has 0 saturated heterocycles. The maximum absolute atomic E-state index is 13.0. The Morgan fingerprint density at radius 2 is 2.11 bits per heavy atom. The molecular formula is C17H16FN5OS3. The number of thiazole rings is 1. The summed E-state index contributed by atoms with van der Waals surface area (Å²) in [6, 6.07) is 6.07. The molecule has 140 valence electrons. The van der Waals surface area contributed by atoms with Crippen molar-refractivity contribution in [3.05, 3.63) is 48.1 Å². The summed E-state index contributed by atoms with van der Waals surface area (Å²) in [5, 5.41) is 16.6. The van der Waals surface area contributed by atoms with E-state index in [2.05, 4.69) is 32.4 Å². The smallest absolute Gasteiger partial charge is 0.239 e. The fourth-order valence-corrected chi connectivity index (χ4v) is 4.61. The van der Waals surface area contributed by atoms with Gasteiger partial charge in [-0.25, -0.2) is 9.37 Å². The molecule has 0 bridgehead atoms. The number of hydrogen-bond donors (Lipinski definition) is 2. The lowest BCUT2D eigenvalue weighted by atomic mass is 10.2. The Labute approximate surface area is 168 Å². The zero-order valence-electron chi connectivity index (χ0n) is 14.3. The minimum absolute atomic E-state index is 0.171. The minimum atomic E-state index is -0.358. The standard InChI is InChI=1S/C17H16FN5OS3/c1-3-8-19-15-22-23-17(27-15)26-10(2)14(24)21-16-20-13(9-25-16)11-4-6-12(18)7-5-11/h3-7,9-10H,1,8H2,2H3,(H,19,22)(H,20,21,24). The highest BCUT2D eigenvalue weighted by molar-refractivity contribution is 8.02. The van der Waals surface area contributed by atoms with E-state index in [9.17, 15) is 9.18 Å². The second-order valence-corrected chi connectivity index (χ2v) is 8.76. The normalized spacial score (nSPS) is 11.8. The van der Waals surface area contributed by atoms with Crippen molar-refractivity contribution < 1.29 is 9.18 Å². The Morgan fingerprint density at radius 3 is 2.85 bits per heavy atom. The second kappa shape index (κ2) is 9.07. The van der Waals surface area contributed by atoms with Crippen LogP contribution in [0.3, 0.4) is 0 Å². The van der Waals surface area contributed by atoms with Gasteiger partial charge in [0, 0.05) is 17.5 Å². The maximum Gasteiger partial charge on any atom is 0.239 e. The number of rotatable bonds is 8. The van der Waals surface area contributed by atoms with Crippen molar-refractivity contribution >= 4 is 50.6 Å². The average Bonchev–Trinajstić information content (AvgIpc) is 3.30. The molecule has 2 N–H and O–H groups in total. The van der Waals surface area contributed by atoms with Crippen molar-refractivity contribution in [2.45, 2.75) is 16.5 Å².